The van der Waals surface area contributed by atoms with E-state index in [-0.39, 0.29) is 0 Å². The number of hydrogen-bond donors (Lipinski definition) is 1. The molecule has 146 valence electrons. The lowest BCUT2D eigenvalue weighted by Crippen LogP contribution is -2.47. The van der Waals surface area contributed by atoms with Crippen LogP contribution < -0.4 is 5.32 Å². The molecule has 0 unspecified atom stereocenters. The molecule has 4 rings (SSSR count). The van der Waals surface area contributed by atoms with Crippen molar-refractivity contribution in [3.05, 3.63) is 23.9 Å². The fourth-order valence-electron chi connectivity index (χ4n) is 7.40. The van der Waals surface area contributed by atoms with E-state index >= 15 is 0 Å². The lowest BCUT2D eigenvalue weighted by atomic mass is 9.52. The summed E-state index contributed by atoms with van der Waals surface area (Å²) < 4.78 is 0. The molecule has 1 heterocycles. The number of hydrogen-bond acceptors (Lipinski definition) is 3. The van der Waals surface area contributed by atoms with Crippen molar-refractivity contribution in [3.63, 3.8) is 0 Å². The molecule has 0 radical (unpaired) electrons. The second-order valence-electron chi connectivity index (χ2n) is 9.74. The summed E-state index contributed by atoms with van der Waals surface area (Å²) in [7, 11) is 0. The molecule has 1 aromatic heterocycles. The third-order valence-electron chi connectivity index (χ3n) is 8.68. The first-order chi connectivity index (χ1) is 13.1. The smallest absolute Gasteiger partial charge is 0.126 e. The SMILES string of the molecule is CC[C@H]1CCC[C@@H]2[C@@H]1CC[C@]1(C)[C@@H]([C@@H](C)Nc3ccc(C#N)cn3)CC[C@@H]21. The molecular formula is C24H35N3. The summed E-state index contributed by atoms with van der Waals surface area (Å²) in [5, 5.41) is 12.6. The first-order valence-corrected chi connectivity index (χ1v) is 11.2. The molecule has 1 N–H and O–H groups in total. The van der Waals surface area contributed by atoms with Gasteiger partial charge in [-0.05, 0) is 86.2 Å². The monoisotopic (exact) mass is 365 g/mol. The Morgan fingerprint density at radius 3 is 2.78 bits per heavy atom. The Morgan fingerprint density at radius 1 is 1.22 bits per heavy atom. The highest BCUT2D eigenvalue weighted by Crippen LogP contribution is 2.63. The largest absolute Gasteiger partial charge is 0.367 e. The van der Waals surface area contributed by atoms with Crippen LogP contribution in [0.5, 0.6) is 0 Å². The molecule has 0 saturated heterocycles. The molecule has 0 aromatic carbocycles. The van der Waals surface area contributed by atoms with Gasteiger partial charge in [0.1, 0.15) is 11.9 Å². The normalized spacial score (nSPS) is 39.1. The van der Waals surface area contributed by atoms with E-state index in [2.05, 4.69) is 37.1 Å². The summed E-state index contributed by atoms with van der Waals surface area (Å²) in [6.07, 6.45) is 13.1. The van der Waals surface area contributed by atoms with Gasteiger partial charge in [-0.2, -0.15) is 5.26 Å². The molecule has 27 heavy (non-hydrogen) atoms. The second-order valence-corrected chi connectivity index (χ2v) is 9.74. The Balaban J connectivity index is 1.48. The van der Waals surface area contributed by atoms with Crippen LogP contribution in [0.1, 0.15) is 77.7 Å². The van der Waals surface area contributed by atoms with Crippen LogP contribution in [0.25, 0.3) is 0 Å². The minimum atomic E-state index is 0.433. The van der Waals surface area contributed by atoms with Gasteiger partial charge < -0.3 is 5.32 Å². The summed E-state index contributed by atoms with van der Waals surface area (Å²) in [5.41, 5.74) is 1.11. The van der Waals surface area contributed by atoms with E-state index in [1.165, 1.54) is 51.4 Å². The fourth-order valence-corrected chi connectivity index (χ4v) is 7.40. The molecule has 3 saturated carbocycles. The van der Waals surface area contributed by atoms with E-state index in [1.807, 2.05) is 12.1 Å². The van der Waals surface area contributed by atoms with E-state index < -0.39 is 0 Å². The molecule has 0 bridgehead atoms. The third kappa shape index (κ3) is 3.26. The van der Waals surface area contributed by atoms with Crippen LogP contribution in [0.3, 0.4) is 0 Å². The zero-order valence-corrected chi connectivity index (χ0v) is 17.2. The molecule has 3 fully saturated rings. The number of anilines is 1. The maximum atomic E-state index is 8.97. The van der Waals surface area contributed by atoms with Gasteiger partial charge in [0.2, 0.25) is 0 Å². The zero-order chi connectivity index (χ0) is 19.0. The highest BCUT2D eigenvalue weighted by molar-refractivity contribution is 5.40. The van der Waals surface area contributed by atoms with Crippen molar-refractivity contribution in [3.8, 4) is 6.07 Å². The number of rotatable bonds is 4. The zero-order valence-electron chi connectivity index (χ0n) is 17.2. The maximum Gasteiger partial charge on any atom is 0.126 e. The topological polar surface area (TPSA) is 48.7 Å². The number of nitrogens with zero attached hydrogens (tertiary/aromatic N) is 2. The van der Waals surface area contributed by atoms with Crippen molar-refractivity contribution < 1.29 is 0 Å². The van der Waals surface area contributed by atoms with Crippen molar-refractivity contribution in [2.75, 3.05) is 5.32 Å². The van der Waals surface area contributed by atoms with Crippen LogP contribution in [-0.2, 0) is 0 Å². The molecule has 7 atom stereocenters. The molecular weight excluding hydrogens is 330 g/mol. The number of fused-ring (bicyclic) bond motifs is 3. The summed E-state index contributed by atoms with van der Waals surface area (Å²) in [4.78, 5) is 4.44. The van der Waals surface area contributed by atoms with E-state index in [0.29, 0.717) is 17.0 Å². The van der Waals surface area contributed by atoms with Crippen LogP contribution in [0, 0.1) is 46.3 Å². The minimum Gasteiger partial charge on any atom is -0.367 e. The minimum absolute atomic E-state index is 0.433. The second kappa shape index (κ2) is 7.46. The van der Waals surface area contributed by atoms with Gasteiger partial charge in [-0.3, -0.25) is 0 Å². The van der Waals surface area contributed by atoms with Gasteiger partial charge in [0.15, 0.2) is 0 Å². The van der Waals surface area contributed by atoms with Crippen molar-refractivity contribution in [2.45, 2.75) is 78.2 Å². The first-order valence-electron chi connectivity index (χ1n) is 11.2. The fraction of sp³-hybridized carbons (Fsp3) is 0.750. The first kappa shape index (κ1) is 18.8. The molecule has 3 heteroatoms. The summed E-state index contributed by atoms with van der Waals surface area (Å²) in [6, 6.07) is 6.40. The van der Waals surface area contributed by atoms with Gasteiger partial charge in [0.25, 0.3) is 0 Å². The van der Waals surface area contributed by atoms with Crippen molar-refractivity contribution in [1.82, 2.24) is 4.98 Å². The van der Waals surface area contributed by atoms with Crippen molar-refractivity contribution in [1.29, 1.82) is 5.26 Å². The highest BCUT2D eigenvalue weighted by Gasteiger charge is 2.56. The third-order valence-corrected chi connectivity index (χ3v) is 8.68. The maximum absolute atomic E-state index is 8.97. The number of pyridine rings is 1. The average molecular weight is 366 g/mol. The Bertz CT molecular complexity index is 691. The lowest BCUT2D eigenvalue weighted by molar-refractivity contribution is -0.0356. The molecule has 1 aromatic rings. The Labute approximate surface area is 165 Å². The van der Waals surface area contributed by atoms with Crippen LogP contribution in [0.4, 0.5) is 5.82 Å². The lowest BCUT2D eigenvalue weighted by Gasteiger charge is -2.53. The average Bonchev–Trinajstić information content (AvgIpc) is 3.05. The Kier molecular flexibility index (Phi) is 5.19. The van der Waals surface area contributed by atoms with Gasteiger partial charge in [-0.25, -0.2) is 4.98 Å². The van der Waals surface area contributed by atoms with E-state index in [9.17, 15) is 0 Å². The predicted octanol–water partition coefficient (Wildman–Crippen LogP) is 6.02. The highest BCUT2D eigenvalue weighted by atomic mass is 15.0. The predicted molar refractivity (Wildman–Crippen MR) is 110 cm³/mol. The van der Waals surface area contributed by atoms with E-state index in [4.69, 9.17) is 5.26 Å². The van der Waals surface area contributed by atoms with Crippen LogP contribution in [0.2, 0.25) is 0 Å². The molecule has 3 aliphatic rings. The van der Waals surface area contributed by atoms with Crippen molar-refractivity contribution in [2.24, 2.45) is 35.0 Å². The number of nitriles is 1. The number of aromatic nitrogens is 1. The van der Waals surface area contributed by atoms with Crippen molar-refractivity contribution >= 4 is 5.82 Å². The van der Waals surface area contributed by atoms with Gasteiger partial charge in [0, 0.05) is 12.2 Å². The van der Waals surface area contributed by atoms with E-state index in [0.717, 1.165) is 35.4 Å². The molecule has 3 nitrogen and oxygen atoms in total. The summed E-state index contributed by atoms with van der Waals surface area (Å²) in [5.74, 6) is 5.53. The van der Waals surface area contributed by atoms with Gasteiger partial charge in [-0.1, -0.05) is 33.1 Å². The number of nitrogens with one attached hydrogen (secondary N) is 1. The molecule has 0 aliphatic heterocycles. The quantitative estimate of drug-likeness (QED) is 0.709. The Morgan fingerprint density at radius 2 is 2.07 bits per heavy atom. The van der Waals surface area contributed by atoms with Gasteiger partial charge in [0.05, 0.1) is 5.56 Å². The van der Waals surface area contributed by atoms with Crippen LogP contribution in [-0.4, -0.2) is 11.0 Å². The molecule has 3 aliphatic carbocycles. The van der Waals surface area contributed by atoms with Gasteiger partial charge >= 0.3 is 0 Å². The van der Waals surface area contributed by atoms with E-state index in [1.54, 1.807) is 6.20 Å². The standard InChI is InChI=1S/C24H35N3/c1-4-18-6-5-7-20-19(18)12-13-24(3)21(9-10-22(20)24)16(2)27-23-11-8-17(14-25)15-26-23/h8,11,15-16,18-22H,4-7,9-10,12-13H2,1-3H3,(H,26,27)/t16-,18+,19-,20-,21-,22+,24-/m1/s1. The molecule has 0 spiro atoms. The molecule has 0 amide bonds. The van der Waals surface area contributed by atoms with Crippen LogP contribution >= 0.6 is 0 Å². The van der Waals surface area contributed by atoms with Crippen LogP contribution in [0.15, 0.2) is 18.3 Å². The summed E-state index contributed by atoms with van der Waals surface area (Å²) >= 11 is 0. The Hall–Kier alpha value is -1.56. The summed E-state index contributed by atoms with van der Waals surface area (Å²) in [6.45, 7) is 7.36. The van der Waals surface area contributed by atoms with Gasteiger partial charge in [-0.15, -0.1) is 0 Å².